The number of anilines is 1. The first kappa shape index (κ1) is 27.1. The van der Waals surface area contributed by atoms with Gasteiger partial charge in [-0.3, -0.25) is 14.5 Å². The fourth-order valence-electron chi connectivity index (χ4n) is 4.35. The highest BCUT2D eigenvalue weighted by Crippen LogP contribution is 2.45. The largest absolute Gasteiger partial charge is 0.507 e. The SMILES string of the molecule is COc1cc(/C(O)=C2\C(=O)C(=O)N(c3ccc(C)cc3)C2c2cccc(OCC(C)C)c2)c(OC)cc1Cl. The molecule has 1 atom stereocenters. The van der Waals surface area contributed by atoms with Crippen molar-refractivity contribution in [1.82, 2.24) is 0 Å². The van der Waals surface area contributed by atoms with Gasteiger partial charge in [0.25, 0.3) is 11.7 Å². The van der Waals surface area contributed by atoms with Gasteiger partial charge in [-0.05, 0) is 48.7 Å². The zero-order chi connectivity index (χ0) is 27.6. The third-order valence-corrected chi connectivity index (χ3v) is 6.54. The van der Waals surface area contributed by atoms with Crippen molar-refractivity contribution in [2.24, 2.45) is 5.92 Å². The Morgan fingerprint density at radius 3 is 2.32 bits per heavy atom. The predicted molar refractivity (Wildman–Crippen MR) is 147 cm³/mol. The Morgan fingerprint density at radius 2 is 1.68 bits per heavy atom. The second-order valence-corrected chi connectivity index (χ2v) is 9.88. The van der Waals surface area contributed by atoms with Crippen LogP contribution in [0.15, 0.2) is 66.2 Å². The fraction of sp³-hybridized carbons (Fsp3) is 0.267. The molecule has 1 heterocycles. The Bertz CT molecular complexity index is 1400. The van der Waals surface area contributed by atoms with Crippen LogP contribution in [0.5, 0.6) is 17.2 Å². The minimum absolute atomic E-state index is 0.0840. The van der Waals surface area contributed by atoms with Crippen LogP contribution >= 0.6 is 11.6 Å². The number of aliphatic hydroxyl groups excluding tert-OH is 1. The molecule has 0 aromatic heterocycles. The number of hydrogen-bond donors (Lipinski definition) is 1. The minimum atomic E-state index is -0.924. The van der Waals surface area contributed by atoms with Gasteiger partial charge in [-0.15, -0.1) is 0 Å². The van der Waals surface area contributed by atoms with Crippen molar-refractivity contribution >= 4 is 34.7 Å². The average Bonchev–Trinajstić information content (AvgIpc) is 3.17. The van der Waals surface area contributed by atoms with Crippen LogP contribution in [-0.2, 0) is 9.59 Å². The first-order chi connectivity index (χ1) is 18.2. The molecule has 4 rings (SSSR count). The first-order valence-corrected chi connectivity index (χ1v) is 12.6. The lowest BCUT2D eigenvalue weighted by atomic mass is 9.94. The summed E-state index contributed by atoms with van der Waals surface area (Å²) in [7, 11) is 2.86. The molecule has 0 aliphatic carbocycles. The number of ether oxygens (including phenoxy) is 3. The molecule has 38 heavy (non-hydrogen) atoms. The second kappa shape index (κ2) is 11.2. The number of methoxy groups -OCH3 is 2. The highest BCUT2D eigenvalue weighted by molar-refractivity contribution is 6.51. The van der Waals surface area contributed by atoms with E-state index in [2.05, 4.69) is 0 Å². The smallest absolute Gasteiger partial charge is 0.300 e. The highest BCUT2D eigenvalue weighted by atomic mass is 35.5. The normalized spacial score (nSPS) is 16.7. The standard InChI is InChI=1S/C30H30ClNO6/c1-17(2)16-38-21-8-6-7-19(13-21)27-26(28(33)22-14-25(37-5)23(31)15-24(22)36-4)29(34)30(35)32(27)20-11-9-18(3)10-12-20/h6-15,17,27,33H,16H2,1-5H3/b28-26+. The molecule has 3 aromatic rings. The van der Waals surface area contributed by atoms with Crippen molar-refractivity contribution in [3.05, 3.63) is 87.9 Å². The molecule has 7 nitrogen and oxygen atoms in total. The van der Waals surface area contributed by atoms with Crippen LogP contribution in [0.1, 0.15) is 36.6 Å². The Hall–Kier alpha value is -3.97. The third kappa shape index (κ3) is 5.20. The number of aryl methyl sites for hydroxylation is 1. The van der Waals surface area contributed by atoms with Crippen molar-refractivity contribution in [3.8, 4) is 17.2 Å². The molecule has 1 aliphatic rings. The molecule has 1 amide bonds. The Morgan fingerprint density at radius 1 is 1.00 bits per heavy atom. The van der Waals surface area contributed by atoms with E-state index in [4.69, 9.17) is 25.8 Å². The van der Waals surface area contributed by atoms with Crippen LogP contribution < -0.4 is 19.1 Å². The number of amides is 1. The van der Waals surface area contributed by atoms with E-state index in [9.17, 15) is 14.7 Å². The van der Waals surface area contributed by atoms with E-state index >= 15 is 0 Å². The van der Waals surface area contributed by atoms with E-state index in [0.717, 1.165) is 5.56 Å². The van der Waals surface area contributed by atoms with Crippen molar-refractivity contribution < 1.29 is 28.9 Å². The van der Waals surface area contributed by atoms with Crippen LogP contribution in [0.4, 0.5) is 5.69 Å². The molecule has 1 N–H and O–H groups in total. The van der Waals surface area contributed by atoms with Gasteiger partial charge in [0.2, 0.25) is 0 Å². The summed E-state index contributed by atoms with van der Waals surface area (Å²) < 4.78 is 16.7. The molecule has 1 saturated heterocycles. The van der Waals surface area contributed by atoms with Gasteiger partial charge in [0, 0.05) is 11.8 Å². The van der Waals surface area contributed by atoms with Crippen LogP contribution in [-0.4, -0.2) is 37.6 Å². The predicted octanol–water partition coefficient (Wildman–Crippen LogP) is 6.33. The number of rotatable bonds is 8. The van der Waals surface area contributed by atoms with Crippen LogP contribution in [0, 0.1) is 12.8 Å². The zero-order valence-corrected chi connectivity index (χ0v) is 22.7. The van der Waals surface area contributed by atoms with Crippen molar-refractivity contribution in [2.45, 2.75) is 26.8 Å². The van der Waals surface area contributed by atoms with Crippen molar-refractivity contribution in [3.63, 3.8) is 0 Å². The summed E-state index contributed by atoms with van der Waals surface area (Å²) in [6.07, 6.45) is 0. The topological polar surface area (TPSA) is 85.3 Å². The van der Waals surface area contributed by atoms with Gasteiger partial charge < -0.3 is 19.3 Å². The summed E-state index contributed by atoms with van der Waals surface area (Å²) in [4.78, 5) is 28.4. The summed E-state index contributed by atoms with van der Waals surface area (Å²) in [6.45, 7) is 6.53. The third-order valence-electron chi connectivity index (χ3n) is 6.24. The Balaban J connectivity index is 1.95. The number of carbonyl (C=O) groups excluding carboxylic acids is 2. The maximum Gasteiger partial charge on any atom is 0.300 e. The summed E-state index contributed by atoms with van der Waals surface area (Å²) in [5.74, 6) is -0.569. The molecular formula is C30H30ClNO6. The monoisotopic (exact) mass is 535 g/mol. The van der Waals surface area contributed by atoms with E-state index in [0.29, 0.717) is 29.5 Å². The van der Waals surface area contributed by atoms with E-state index in [1.165, 1.54) is 31.3 Å². The van der Waals surface area contributed by atoms with Gasteiger partial charge in [0.15, 0.2) is 0 Å². The molecule has 0 radical (unpaired) electrons. The fourth-order valence-corrected chi connectivity index (χ4v) is 4.58. The molecule has 8 heteroatoms. The van der Waals surface area contributed by atoms with E-state index in [-0.39, 0.29) is 27.7 Å². The second-order valence-electron chi connectivity index (χ2n) is 9.47. The molecule has 1 fully saturated rings. The summed E-state index contributed by atoms with van der Waals surface area (Å²) in [5.41, 5.74) is 2.22. The summed E-state index contributed by atoms with van der Waals surface area (Å²) in [6, 6.07) is 16.5. The maximum absolute atomic E-state index is 13.5. The molecule has 0 bridgehead atoms. The summed E-state index contributed by atoms with van der Waals surface area (Å²) >= 11 is 6.26. The number of aliphatic hydroxyl groups is 1. The lowest BCUT2D eigenvalue weighted by molar-refractivity contribution is -0.132. The molecule has 1 aliphatic heterocycles. The van der Waals surface area contributed by atoms with Crippen LogP contribution in [0.2, 0.25) is 5.02 Å². The number of carbonyl (C=O) groups is 2. The zero-order valence-electron chi connectivity index (χ0n) is 21.9. The number of nitrogens with zero attached hydrogens (tertiary/aromatic N) is 1. The van der Waals surface area contributed by atoms with Gasteiger partial charge in [0.1, 0.15) is 23.0 Å². The molecule has 0 spiro atoms. The molecule has 0 saturated carbocycles. The molecule has 198 valence electrons. The molecular weight excluding hydrogens is 506 g/mol. The lowest BCUT2D eigenvalue weighted by Crippen LogP contribution is -2.29. The van der Waals surface area contributed by atoms with Gasteiger partial charge in [-0.2, -0.15) is 0 Å². The van der Waals surface area contributed by atoms with Crippen LogP contribution in [0.3, 0.4) is 0 Å². The number of Topliss-reactive ketones (excluding diaryl/α,β-unsaturated/α-hetero) is 1. The Kier molecular flexibility index (Phi) is 7.97. The van der Waals surface area contributed by atoms with E-state index in [1.54, 1.807) is 30.3 Å². The number of hydrogen-bond acceptors (Lipinski definition) is 6. The highest BCUT2D eigenvalue weighted by Gasteiger charge is 2.47. The summed E-state index contributed by atoms with van der Waals surface area (Å²) in [5, 5.41) is 11.9. The van der Waals surface area contributed by atoms with Crippen LogP contribution in [0.25, 0.3) is 5.76 Å². The number of benzene rings is 3. The van der Waals surface area contributed by atoms with Gasteiger partial charge in [0.05, 0.1) is 43.0 Å². The van der Waals surface area contributed by atoms with Gasteiger partial charge in [-0.25, -0.2) is 0 Å². The Labute approximate surface area is 227 Å². The maximum atomic E-state index is 13.5. The number of ketones is 1. The minimum Gasteiger partial charge on any atom is -0.507 e. The van der Waals surface area contributed by atoms with Crippen molar-refractivity contribution in [1.29, 1.82) is 0 Å². The van der Waals surface area contributed by atoms with E-state index < -0.39 is 23.5 Å². The number of halogens is 1. The molecule has 1 unspecified atom stereocenters. The quantitative estimate of drug-likeness (QED) is 0.206. The van der Waals surface area contributed by atoms with Gasteiger partial charge >= 0.3 is 0 Å². The van der Waals surface area contributed by atoms with Crippen molar-refractivity contribution in [2.75, 3.05) is 25.7 Å². The lowest BCUT2D eigenvalue weighted by Gasteiger charge is -2.26. The van der Waals surface area contributed by atoms with Gasteiger partial charge in [-0.1, -0.05) is 55.3 Å². The van der Waals surface area contributed by atoms with E-state index in [1.807, 2.05) is 39.0 Å². The molecule has 3 aromatic carbocycles. The average molecular weight is 536 g/mol. The first-order valence-electron chi connectivity index (χ1n) is 12.2.